The van der Waals surface area contributed by atoms with E-state index in [4.69, 9.17) is 16.3 Å². The SMILES string of the molecule is CNC(=O)c1ccccc1Nc1nc(Nc2ccc3c(c2)NC(CCOC)CCN3C)ncc1Cl. The first kappa shape index (κ1) is 24.6. The highest BCUT2D eigenvalue weighted by atomic mass is 35.5. The summed E-state index contributed by atoms with van der Waals surface area (Å²) >= 11 is 6.36. The van der Waals surface area contributed by atoms with E-state index in [9.17, 15) is 4.79 Å². The molecule has 0 bridgehead atoms. The average Bonchev–Trinajstić information content (AvgIpc) is 3.02. The number of carbonyl (C=O) groups excluding carboxylic acids is 1. The van der Waals surface area contributed by atoms with E-state index in [1.165, 1.54) is 6.20 Å². The van der Waals surface area contributed by atoms with Gasteiger partial charge in [0.15, 0.2) is 5.82 Å². The summed E-state index contributed by atoms with van der Waals surface area (Å²) in [5.41, 5.74) is 4.11. The van der Waals surface area contributed by atoms with Gasteiger partial charge in [-0.25, -0.2) is 4.98 Å². The minimum atomic E-state index is -0.206. The highest BCUT2D eigenvalue weighted by molar-refractivity contribution is 6.33. The lowest BCUT2D eigenvalue weighted by Gasteiger charge is -2.20. The van der Waals surface area contributed by atoms with Crippen LogP contribution in [0, 0.1) is 0 Å². The summed E-state index contributed by atoms with van der Waals surface area (Å²) in [6, 6.07) is 13.6. The van der Waals surface area contributed by atoms with Gasteiger partial charge in [-0.2, -0.15) is 4.98 Å². The molecule has 184 valence electrons. The van der Waals surface area contributed by atoms with Crippen LogP contribution in [0.15, 0.2) is 48.7 Å². The van der Waals surface area contributed by atoms with Gasteiger partial charge in [0.05, 0.1) is 28.8 Å². The maximum absolute atomic E-state index is 12.2. The lowest BCUT2D eigenvalue weighted by atomic mass is 10.1. The lowest BCUT2D eigenvalue weighted by molar-refractivity contribution is 0.0964. The number of aromatic nitrogens is 2. The van der Waals surface area contributed by atoms with Crippen LogP contribution in [-0.4, -0.2) is 56.3 Å². The molecule has 4 N–H and O–H groups in total. The Hall–Kier alpha value is -3.56. The van der Waals surface area contributed by atoms with E-state index in [0.29, 0.717) is 40.7 Å². The Morgan fingerprint density at radius 2 is 2.09 bits per heavy atom. The van der Waals surface area contributed by atoms with Gasteiger partial charge in [0.1, 0.15) is 5.02 Å². The largest absolute Gasteiger partial charge is 0.385 e. The number of carbonyl (C=O) groups is 1. The van der Waals surface area contributed by atoms with Gasteiger partial charge in [-0.3, -0.25) is 4.79 Å². The third kappa shape index (κ3) is 5.93. The highest BCUT2D eigenvalue weighted by Crippen LogP contribution is 2.34. The molecule has 10 heteroatoms. The number of anilines is 6. The summed E-state index contributed by atoms with van der Waals surface area (Å²) in [7, 11) is 5.42. The third-order valence-corrected chi connectivity index (χ3v) is 6.18. The van der Waals surface area contributed by atoms with Gasteiger partial charge in [-0.1, -0.05) is 23.7 Å². The van der Waals surface area contributed by atoms with Crippen LogP contribution < -0.4 is 26.2 Å². The Balaban J connectivity index is 1.56. The van der Waals surface area contributed by atoms with Crippen molar-refractivity contribution in [2.24, 2.45) is 0 Å². The molecule has 2 aromatic carbocycles. The second-order valence-electron chi connectivity index (χ2n) is 8.33. The van der Waals surface area contributed by atoms with Gasteiger partial charge < -0.3 is 30.9 Å². The molecule has 0 saturated carbocycles. The zero-order valence-electron chi connectivity index (χ0n) is 20.1. The van der Waals surface area contributed by atoms with Crippen LogP contribution in [-0.2, 0) is 4.74 Å². The lowest BCUT2D eigenvalue weighted by Crippen LogP contribution is -2.23. The second-order valence-corrected chi connectivity index (χ2v) is 8.74. The van der Waals surface area contributed by atoms with Gasteiger partial charge in [0.25, 0.3) is 5.91 Å². The third-order valence-electron chi connectivity index (χ3n) is 5.90. The highest BCUT2D eigenvalue weighted by Gasteiger charge is 2.19. The number of hydrogen-bond donors (Lipinski definition) is 4. The molecule has 0 radical (unpaired) electrons. The van der Waals surface area contributed by atoms with Crippen LogP contribution in [0.5, 0.6) is 0 Å². The molecule has 1 unspecified atom stereocenters. The van der Waals surface area contributed by atoms with Crippen molar-refractivity contribution in [2.75, 3.05) is 55.2 Å². The first-order valence-corrected chi connectivity index (χ1v) is 11.8. The number of para-hydroxylation sites is 1. The topological polar surface area (TPSA) is 103 Å². The first-order valence-electron chi connectivity index (χ1n) is 11.5. The minimum Gasteiger partial charge on any atom is -0.385 e. The number of halogens is 1. The van der Waals surface area contributed by atoms with Crippen LogP contribution in [0.25, 0.3) is 0 Å². The van der Waals surface area contributed by atoms with E-state index in [1.54, 1.807) is 32.4 Å². The molecule has 2 heterocycles. The normalized spacial score (nSPS) is 15.0. The molecule has 1 aliphatic heterocycles. The van der Waals surface area contributed by atoms with Crippen molar-refractivity contribution in [2.45, 2.75) is 18.9 Å². The molecule has 0 fully saturated rings. The van der Waals surface area contributed by atoms with E-state index in [2.05, 4.69) is 55.3 Å². The quantitative estimate of drug-likeness (QED) is 0.358. The molecule has 0 aliphatic carbocycles. The average molecular weight is 496 g/mol. The Bertz CT molecular complexity index is 1190. The van der Waals surface area contributed by atoms with E-state index in [0.717, 1.165) is 36.4 Å². The van der Waals surface area contributed by atoms with Gasteiger partial charge in [-0.15, -0.1) is 0 Å². The van der Waals surface area contributed by atoms with Crippen LogP contribution in [0.1, 0.15) is 23.2 Å². The molecule has 35 heavy (non-hydrogen) atoms. The first-order chi connectivity index (χ1) is 17.0. The van der Waals surface area contributed by atoms with Gasteiger partial charge in [0.2, 0.25) is 5.95 Å². The number of ether oxygens (including phenoxy) is 1. The Morgan fingerprint density at radius 1 is 1.26 bits per heavy atom. The standard InChI is InChI=1S/C25H30ClN7O2/c1-27-24(34)18-6-4-5-7-20(18)31-23-19(26)15-28-25(32-23)30-17-8-9-22-21(14-17)29-16(11-13-35-3)10-12-33(22)2/h4-9,14-16,29H,10-13H2,1-3H3,(H,27,34)(H2,28,30,31,32). The van der Waals surface area contributed by atoms with Crippen molar-refractivity contribution in [1.29, 1.82) is 0 Å². The fraction of sp³-hybridized carbons (Fsp3) is 0.320. The number of nitrogens with one attached hydrogen (secondary N) is 4. The van der Waals surface area contributed by atoms with Gasteiger partial charge in [-0.05, 0) is 43.2 Å². The van der Waals surface area contributed by atoms with Crippen LogP contribution in [0.4, 0.5) is 34.5 Å². The van der Waals surface area contributed by atoms with E-state index < -0.39 is 0 Å². The van der Waals surface area contributed by atoms with E-state index in [1.807, 2.05) is 12.1 Å². The molecule has 3 aromatic rings. The number of methoxy groups -OCH3 is 1. The zero-order chi connectivity index (χ0) is 24.8. The molecule has 1 aliphatic rings. The predicted octanol–water partition coefficient (Wildman–Crippen LogP) is 4.63. The summed E-state index contributed by atoms with van der Waals surface area (Å²) in [4.78, 5) is 23.3. The smallest absolute Gasteiger partial charge is 0.253 e. The van der Waals surface area contributed by atoms with Crippen LogP contribution in [0.2, 0.25) is 5.02 Å². The van der Waals surface area contributed by atoms with Crippen molar-refractivity contribution in [1.82, 2.24) is 15.3 Å². The molecule has 9 nitrogen and oxygen atoms in total. The minimum absolute atomic E-state index is 0.206. The maximum Gasteiger partial charge on any atom is 0.253 e. The van der Waals surface area contributed by atoms with Gasteiger partial charge in [0, 0.05) is 46.1 Å². The molecule has 1 aromatic heterocycles. The zero-order valence-corrected chi connectivity index (χ0v) is 20.8. The molecule has 0 spiro atoms. The fourth-order valence-electron chi connectivity index (χ4n) is 4.00. The van der Waals surface area contributed by atoms with Crippen molar-refractivity contribution in [3.63, 3.8) is 0 Å². The van der Waals surface area contributed by atoms with Crippen molar-refractivity contribution >= 4 is 52.0 Å². The maximum atomic E-state index is 12.2. The number of fused-ring (bicyclic) bond motifs is 1. The second kappa shape index (κ2) is 11.2. The molecular formula is C25H30ClN7O2. The monoisotopic (exact) mass is 495 g/mol. The summed E-state index contributed by atoms with van der Waals surface area (Å²) < 4.78 is 5.27. The Morgan fingerprint density at radius 3 is 2.89 bits per heavy atom. The number of benzene rings is 2. The number of rotatable bonds is 8. The summed E-state index contributed by atoms with van der Waals surface area (Å²) in [5, 5.41) is 13.1. The summed E-state index contributed by atoms with van der Waals surface area (Å²) in [6.45, 7) is 1.68. The van der Waals surface area contributed by atoms with Crippen molar-refractivity contribution in [3.05, 3.63) is 59.2 Å². The summed E-state index contributed by atoms with van der Waals surface area (Å²) in [5.74, 6) is 0.572. The molecule has 4 rings (SSSR count). The fourth-order valence-corrected chi connectivity index (χ4v) is 4.14. The van der Waals surface area contributed by atoms with Crippen molar-refractivity contribution < 1.29 is 9.53 Å². The van der Waals surface area contributed by atoms with Crippen LogP contribution >= 0.6 is 11.6 Å². The van der Waals surface area contributed by atoms with E-state index >= 15 is 0 Å². The molecule has 0 saturated heterocycles. The number of amides is 1. The van der Waals surface area contributed by atoms with E-state index in [-0.39, 0.29) is 5.91 Å². The summed E-state index contributed by atoms with van der Waals surface area (Å²) in [6.07, 6.45) is 3.50. The van der Waals surface area contributed by atoms with Gasteiger partial charge >= 0.3 is 0 Å². The molecule has 1 amide bonds. The molecular weight excluding hydrogens is 466 g/mol. The Labute approximate surface area is 210 Å². The predicted molar refractivity (Wildman–Crippen MR) is 142 cm³/mol. The number of hydrogen-bond acceptors (Lipinski definition) is 8. The molecule has 1 atom stereocenters. The Kier molecular flexibility index (Phi) is 7.89. The van der Waals surface area contributed by atoms with Crippen molar-refractivity contribution in [3.8, 4) is 0 Å². The van der Waals surface area contributed by atoms with Crippen LogP contribution in [0.3, 0.4) is 0 Å². The number of nitrogens with zero attached hydrogens (tertiary/aromatic N) is 3.